The molecule has 1 heterocycles. The molecule has 1 saturated heterocycles. The summed E-state index contributed by atoms with van der Waals surface area (Å²) in [5.41, 5.74) is 0. The Hall–Kier alpha value is 0.0569. The highest BCUT2D eigenvalue weighted by atomic mass is 28.2. The van der Waals surface area contributed by atoms with E-state index in [0.717, 1.165) is 56.4 Å². The second-order valence-corrected chi connectivity index (χ2v) is 4.64. The van der Waals surface area contributed by atoms with Gasteiger partial charge in [0, 0.05) is 20.3 Å². The van der Waals surface area contributed by atoms with Crippen LogP contribution < -0.4 is 0 Å². The normalized spacial score (nSPS) is 18.4. The van der Waals surface area contributed by atoms with Gasteiger partial charge in [-0.05, 0) is 19.5 Å². The van der Waals surface area contributed by atoms with Gasteiger partial charge in [0.2, 0.25) is 0 Å². The van der Waals surface area contributed by atoms with Crippen LogP contribution in [-0.4, -0.2) is 68.1 Å². The molecule has 0 amide bonds. The topological polar surface area (TPSA) is 34.2 Å². The molecule has 0 aromatic heterocycles. The summed E-state index contributed by atoms with van der Waals surface area (Å²) in [6.07, 6.45) is 1.54. The van der Waals surface area contributed by atoms with Crippen molar-refractivity contribution in [2.45, 2.75) is 26.4 Å². The van der Waals surface area contributed by atoms with Crippen molar-refractivity contribution in [3.63, 3.8) is 0 Å². The molecule has 0 aliphatic carbocycles. The summed E-state index contributed by atoms with van der Waals surface area (Å²) in [4.78, 5) is 2.41. The number of hydrogen-bond donors (Lipinski definition) is 0. The molecule has 1 aliphatic rings. The summed E-state index contributed by atoms with van der Waals surface area (Å²) in [6.45, 7) is 10.4. The van der Waals surface area contributed by atoms with Crippen LogP contribution in [0.1, 0.15) is 20.3 Å². The van der Waals surface area contributed by atoms with Crippen molar-refractivity contribution in [1.29, 1.82) is 0 Å². The number of ether oxygens (including phenoxy) is 2. The predicted octanol–water partition coefficient (Wildman–Crippen LogP) is 0.0469. The van der Waals surface area contributed by atoms with Crippen LogP contribution in [0.3, 0.4) is 0 Å². The molecule has 16 heavy (non-hydrogen) atoms. The lowest BCUT2D eigenvalue weighted by Crippen LogP contribution is -2.25. The lowest BCUT2D eigenvalue weighted by atomic mass is 10.4. The third-order valence-electron chi connectivity index (χ3n) is 2.36. The molecule has 4 nitrogen and oxygen atoms in total. The van der Waals surface area contributed by atoms with E-state index >= 15 is 0 Å². The van der Waals surface area contributed by atoms with Crippen LogP contribution in [0, 0.1) is 0 Å². The van der Waals surface area contributed by atoms with Crippen LogP contribution in [0.2, 0.25) is 0 Å². The number of rotatable bonds is 8. The highest BCUT2D eigenvalue weighted by Crippen LogP contribution is 2.08. The first-order chi connectivity index (χ1) is 7.78. The Balaban J connectivity index is 0.000000673. The largest absolute Gasteiger partial charge is 0.431 e. The van der Waals surface area contributed by atoms with Gasteiger partial charge in [0.25, 0.3) is 0 Å². The van der Waals surface area contributed by atoms with Crippen molar-refractivity contribution < 1.29 is 13.9 Å². The van der Waals surface area contributed by atoms with Gasteiger partial charge in [-0.1, -0.05) is 13.8 Å². The fourth-order valence-electron chi connectivity index (χ4n) is 1.31. The Morgan fingerprint density at radius 2 is 1.94 bits per heavy atom. The molecular formula is C11H27NO3Si. The van der Waals surface area contributed by atoms with Gasteiger partial charge in [-0.3, -0.25) is 0 Å². The molecule has 0 aromatic rings. The summed E-state index contributed by atoms with van der Waals surface area (Å²) in [6, 6.07) is 0. The van der Waals surface area contributed by atoms with Crippen LogP contribution in [0.15, 0.2) is 0 Å². The molecule has 5 heteroatoms. The smallest absolute Gasteiger partial charge is 0.145 e. The van der Waals surface area contributed by atoms with Crippen LogP contribution in [0.4, 0.5) is 0 Å². The van der Waals surface area contributed by atoms with Crippen molar-refractivity contribution >= 4 is 10.5 Å². The Labute approximate surface area is 103 Å². The number of nitrogens with zero attached hydrogens (tertiary/aromatic N) is 1. The summed E-state index contributed by atoms with van der Waals surface area (Å²) in [7, 11) is 2.56. The van der Waals surface area contributed by atoms with Crippen LogP contribution in [0.25, 0.3) is 0 Å². The van der Waals surface area contributed by atoms with Gasteiger partial charge < -0.3 is 18.8 Å². The Morgan fingerprint density at radius 3 is 2.38 bits per heavy atom. The average Bonchev–Trinajstić information content (AvgIpc) is 3.08. The summed E-state index contributed by atoms with van der Waals surface area (Å²) < 4.78 is 14.9. The van der Waals surface area contributed by atoms with Crippen molar-refractivity contribution in [2.24, 2.45) is 0 Å². The number of epoxide rings is 1. The van der Waals surface area contributed by atoms with E-state index in [9.17, 15) is 0 Å². The first-order valence-corrected chi connectivity index (χ1v) is 6.91. The minimum absolute atomic E-state index is 0.411. The SMILES string of the molecule is CCN(CC)CCCOCC1CO1.CO[SiH3]. The van der Waals surface area contributed by atoms with Gasteiger partial charge >= 0.3 is 0 Å². The van der Waals surface area contributed by atoms with E-state index in [-0.39, 0.29) is 0 Å². The minimum Gasteiger partial charge on any atom is -0.431 e. The molecule has 0 aromatic carbocycles. The molecule has 1 atom stereocenters. The molecule has 0 saturated carbocycles. The zero-order valence-corrected chi connectivity index (χ0v) is 13.2. The van der Waals surface area contributed by atoms with Gasteiger partial charge in [-0.25, -0.2) is 0 Å². The molecule has 1 aliphatic heterocycles. The summed E-state index contributed by atoms with van der Waals surface area (Å²) in [5, 5.41) is 0. The minimum atomic E-state index is 0.411. The monoisotopic (exact) mass is 249 g/mol. The van der Waals surface area contributed by atoms with Gasteiger partial charge in [-0.2, -0.15) is 0 Å². The molecule has 1 fully saturated rings. The van der Waals surface area contributed by atoms with Crippen LogP contribution in [-0.2, 0) is 13.9 Å². The van der Waals surface area contributed by atoms with E-state index in [4.69, 9.17) is 9.47 Å². The quantitative estimate of drug-likeness (QED) is 0.346. The maximum atomic E-state index is 5.45. The summed E-state index contributed by atoms with van der Waals surface area (Å²) >= 11 is 0. The van der Waals surface area contributed by atoms with Crippen molar-refractivity contribution in [2.75, 3.05) is 46.6 Å². The highest BCUT2D eigenvalue weighted by molar-refractivity contribution is 5.97. The zero-order valence-electron chi connectivity index (χ0n) is 11.2. The first kappa shape index (κ1) is 16.1. The van der Waals surface area contributed by atoms with Crippen molar-refractivity contribution in [1.82, 2.24) is 4.90 Å². The third-order valence-corrected chi connectivity index (χ3v) is 2.36. The van der Waals surface area contributed by atoms with E-state index in [0.29, 0.717) is 6.10 Å². The third kappa shape index (κ3) is 10.6. The molecule has 1 rings (SSSR count). The lowest BCUT2D eigenvalue weighted by Gasteiger charge is -2.17. The van der Waals surface area contributed by atoms with E-state index in [1.165, 1.54) is 0 Å². The summed E-state index contributed by atoms with van der Waals surface area (Å²) in [5.74, 6) is 0. The van der Waals surface area contributed by atoms with Gasteiger partial charge in [0.05, 0.1) is 13.2 Å². The standard InChI is InChI=1S/C10H21NO2.CH6OSi/c1-3-11(4-2)6-5-7-12-8-10-9-13-10;1-2-3/h10H,3-9H2,1-2H3;1,3H3. The lowest BCUT2D eigenvalue weighted by molar-refractivity contribution is 0.106. The van der Waals surface area contributed by atoms with E-state index < -0.39 is 0 Å². The molecule has 0 spiro atoms. The van der Waals surface area contributed by atoms with Crippen molar-refractivity contribution in [3.05, 3.63) is 0 Å². The van der Waals surface area contributed by atoms with Crippen molar-refractivity contribution in [3.8, 4) is 0 Å². The molecule has 1 unspecified atom stereocenters. The zero-order chi connectivity index (χ0) is 12.2. The first-order valence-electron chi connectivity index (χ1n) is 6.10. The van der Waals surface area contributed by atoms with Gasteiger partial charge in [0.1, 0.15) is 16.6 Å². The number of hydrogen-bond acceptors (Lipinski definition) is 4. The van der Waals surface area contributed by atoms with Gasteiger partial charge in [0.15, 0.2) is 0 Å². The molecular weight excluding hydrogens is 222 g/mol. The molecule has 0 bridgehead atoms. The fourth-order valence-corrected chi connectivity index (χ4v) is 1.31. The molecule has 0 N–H and O–H groups in total. The van der Waals surface area contributed by atoms with Crippen LogP contribution in [0.5, 0.6) is 0 Å². The Morgan fingerprint density at radius 1 is 1.38 bits per heavy atom. The van der Waals surface area contributed by atoms with E-state index in [2.05, 4.69) is 23.2 Å². The Bertz CT molecular complexity index is 141. The fraction of sp³-hybridized carbons (Fsp3) is 1.00. The molecule has 98 valence electrons. The predicted molar refractivity (Wildman–Crippen MR) is 69.9 cm³/mol. The second kappa shape index (κ2) is 11.5. The second-order valence-electron chi connectivity index (χ2n) is 3.82. The molecule has 0 radical (unpaired) electrons. The maximum Gasteiger partial charge on any atom is 0.145 e. The van der Waals surface area contributed by atoms with E-state index in [1.54, 1.807) is 7.11 Å². The van der Waals surface area contributed by atoms with Crippen LogP contribution >= 0.6 is 0 Å². The highest BCUT2D eigenvalue weighted by Gasteiger charge is 2.21. The average molecular weight is 249 g/mol. The maximum absolute atomic E-state index is 5.45. The van der Waals surface area contributed by atoms with Gasteiger partial charge in [-0.15, -0.1) is 0 Å². The van der Waals surface area contributed by atoms with E-state index in [1.807, 2.05) is 0 Å². The Kier molecular flexibility index (Phi) is 11.6.